The molecule has 2 heterocycles. The van der Waals surface area contributed by atoms with E-state index >= 15 is 0 Å². The van der Waals surface area contributed by atoms with Gasteiger partial charge in [-0.25, -0.2) is 13.1 Å². The number of fused-ring (bicyclic) bond motifs is 4. The summed E-state index contributed by atoms with van der Waals surface area (Å²) in [7, 11) is -2.44. The number of benzene rings is 2. The number of anilines is 1. The van der Waals surface area contributed by atoms with Crippen LogP contribution in [-0.2, 0) is 26.6 Å². The number of sulfonamides is 1. The average Bonchev–Trinajstić information content (AvgIpc) is 3.10. The highest BCUT2D eigenvalue weighted by atomic mass is 35.5. The molecular formula is C32H39ClN2O6S. The lowest BCUT2D eigenvalue weighted by Crippen LogP contribution is -2.49. The maximum Gasteiger partial charge on any atom is 0.264 e. The van der Waals surface area contributed by atoms with Gasteiger partial charge in [-0.2, -0.15) is 0 Å². The SMILES string of the molecule is CO[C@H]1C=CC[C@H](O)[C@H](C)S(=O)(=O)NC(=O)c2ccc3c(c2)N(CC2CCC21)C[C@@]1(CCCc2cc(Cl)ccc21)CO3. The molecule has 0 radical (unpaired) electrons. The van der Waals surface area contributed by atoms with Gasteiger partial charge >= 0.3 is 0 Å². The van der Waals surface area contributed by atoms with Crippen LogP contribution in [-0.4, -0.2) is 63.7 Å². The number of halogens is 1. The average molecular weight is 615 g/mol. The summed E-state index contributed by atoms with van der Waals surface area (Å²) in [6.07, 6.45) is 7.62. The minimum Gasteiger partial charge on any atom is -0.490 e. The van der Waals surface area contributed by atoms with E-state index in [4.69, 9.17) is 21.1 Å². The van der Waals surface area contributed by atoms with Crippen LogP contribution in [0.5, 0.6) is 5.75 Å². The number of aryl methyl sites for hydroxylation is 1. The zero-order valence-corrected chi connectivity index (χ0v) is 25.7. The van der Waals surface area contributed by atoms with E-state index in [0.717, 1.165) is 49.4 Å². The van der Waals surface area contributed by atoms with Gasteiger partial charge in [-0.3, -0.25) is 4.79 Å². The number of hydrogen-bond acceptors (Lipinski definition) is 7. The summed E-state index contributed by atoms with van der Waals surface area (Å²) in [6, 6.07) is 11.3. The van der Waals surface area contributed by atoms with Crippen molar-refractivity contribution in [3.8, 4) is 5.75 Å². The molecule has 8 nitrogen and oxygen atoms in total. The van der Waals surface area contributed by atoms with Crippen LogP contribution >= 0.6 is 11.6 Å². The molecule has 2 aromatic rings. The normalized spacial score (nSPS) is 32.5. The van der Waals surface area contributed by atoms with E-state index in [2.05, 4.69) is 21.8 Å². The van der Waals surface area contributed by atoms with Crippen LogP contribution in [0.25, 0.3) is 0 Å². The molecule has 4 aliphatic rings. The Hall–Kier alpha value is -2.59. The second-order valence-electron chi connectivity index (χ2n) is 12.4. The molecule has 6 rings (SSSR count). The molecule has 2 aliphatic carbocycles. The summed E-state index contributed by atoms with van der Waals surface area (Å²) >= 11 is 6.39. The Labute approximate surface area is 253 Å². The monoisotopic (exact) mass is 614 g/mol. The van der Waals surface area contributed by atoms with Gasteiger partial charge in [0.15, 0.2) is 0 Å². The number of amides is 1. The van der Waals surface area contributed by atoms with Crippen molar-refractivity contribution in [3.63, 3.8) is 0 Å². The third-order valence-corrected chi connectivity index (χ3v) is 11.9. The molecule has 6 atom stereocenters. The molecule has 2 aliphatic heterocycles. The predicted octanol–water partition coefficient (Wildman–Crippen LogP) is 4.62. The van der Waals surface area contributed by atoms with E-state index in [0.29, 0.717) is 24.8 Å². The number of aliphatic hydroxyl groups excluding tert-OH is 1. The zero-order chi connectivity index (χ0) is 29.6. The van der Waals surface area contributed by atoms with Crippen molar-refractivity contribution in [2.45, 2.75) is 68.3 Å². The number of nitrogens with zero attached hydrogens (tertiary/aromatic N) is 1. The van der Waals surface area contributed by atoms with Crippen LogP contribution in [0.15, 0.2) is 48.6 Å². The standard InChI is InChI=1S/C32H39ClN2O6S/c1-20-28(36)6-3-7-29(40-2)25-11-8-23(25)17-35-18-32(14-4-5-21-15-24(33)10-12-26(21)32)19-41-30-13-9-22(16-27(30)35)31(37)34-42(20,38)39/h3,7,9-10,12-13,15-16,20,23,25,28-29,36H,4-6,8,11,14,17-19H2,1-2H3,(H,34,37)/t20-,23?,25?,28-,29-,32-/m0/s1. The fourth-order valence-electron chi connectivity index (χ4n) is 7.22. The highest BCUT2D eigenvalue weighted by molar-refractivity contribution is 7.90. The van der Waals surface area contributed by atoms with Crippen LogP contribution < -0.4 is 14.4 Å². The quantitative estimate of drug-likeness (QED) is 0.452. The van der Waals surface area contributed by atoms with Crippen LogP contribution in [0, 0.1) is 11.8 Å². The van der Waals surface area contributed by atoms with Crippen LogP contribution in [0.2, 0.25) is 5.02 Å². The van der Waals surface area contributed by atoms with E-state index in [9.17, 15) is 18.3 Å². The van der Waals surface area contributed by atoms with E-state index in [1.807, 2.05) is 12.1 Å². The van der Waals surface area contributed by atoms with Crippen molar-refractivity contribution >= 4 is 33.2 Å². The first-order valence-electron chi connectivity index (χ1n) is 14.8. The fraction of sp³-hybridized carbons (Fsp3) is 0.531. The first kappa shape index (κ1) is 29.5. The summed E-state index contributed by atoms with van der Waals surface area (Å²) < 4.78 is 40.7. The second kappa shape index (κ2) is 11.5. The Morgan fingerprint density at radius 2 is 2.02 bits per heavy atom. The summed E-state index contributed by atoms with van der Waals surface area (Å²) in [5, 5.41) is 10.2. The second-order valence-corrected chi connectivity index (χ2v) is 14.9. The molecule has 2 N–H and O–H groups in total. The lowest BCUT2D eigenvalue weighted by molar-refractivity contribution is 0.0130. The summed E-state index contributed by atoms with van der Waals surface area (Å²) in [4.78, 5) is 15.6. The minimum absolute atomic E-state index is 0.141. The molecule has 1 fully saturated rings. The number of ether oxygens (including phenoxy) is 2. The van der Waals surface area contributed by atoms with E-state index in [1.165, 1.54) is 18.1 Å². The number of hydrogen-bond donors (Lipinski definition) is 2. The molecule has 2 unspecified atom stereocenters. The highest BCUT2D eigenvalue weighted by Gasteiger charge is 2.44. The van der Waals surface area contributed by atoms with Gasteiger partial charge in [-0.15, -0.1) is 0 Å². The molecule has 1 amide bonds. The number of rotatable bonds is 1. The van der Waals surface area contributed by atoms with Gasteiger partial charge in [0.1, 0.15) is 11.0 Å². The van der Waals surface area contributed by atoms with E-state index in [1.54, 1.807) is 31.4 Å². The van der Waals surface area contributed by atoms with Gasteiger partial charge < -0.3 is 19.5 Å². The molecule has 10 heteroatoms. The number of nitrogens with one attached hydrogen (secondary N) is 1. The Morgan fingerprint density at radius 3 is 2.79 bits per heavy atom. The molecular weight excluding hydrogens is 576 g/mol. The summed E-state index contributed by atoms with van der Waals surface area (Å²) in [5.74, 6) is 0.587. The Bertz CT molecular complexity index is 1500. The largest absolute Gasteiger partial charge is 0.490 e. The first-order valence-corrected chi connectivity index (χ1v) is 16.8. The minimum atomic E-state index is -4.13. The topological polar surface area (TPSA) is 105 Å². The summed E-state index contributed by atoms with van der Waals surface area (Å²) in [6.45, 7) is 3.37. The molecule has 0 aromatic heterocycles. The predicted molar refractivity (Wildman–Crippen MR) is 163 cm³/mol. The molecule has 0 saturated heterocycles. The number of carbonyl (C=O) groups is 1. The number of methoxy groups -OCH3 is 1. The maximum atomic E-state index is 13.3. The van der Waals surface area contributed by atoms with Crippen LogP contribution in [0.1, 0.15) is 60.5 Å². The Balaban J connectivity index is 1.43. The third kappa shape index (κ3) is 5.45. The van der Waals surface area contributed by atoms with Gasteiger partial charge in [0, 0.05) is 36.2 Å². The molecule has 1 spiro atoms. The van der Waals surface area contributed by atoms with Gasteiger partial charge in [0.25, 0.3) is 5.91 Å². The molecule has 1 saturated carbocycles. The van der Waals surface area contributed by atoms with Gasteiger partial charge in [-0.1, -0.05) is 29.8 Å². The number of carbonyl (C=O) groups excluding carboxylic acids is 1. The first-order chi connectivity index (χ1) is 20.1. The van der Waals surface area contributed by atoms with Crippen LogP contribution in [0.3, 0.4) is 0 Å². The van der Waals surface area contributed by atoms with E-state index in [-0.39, 0.29) is 29.4 Å². The van der Waals surface area contributed by atoms with E-state index < -0.39 is 27.3 Å². The van der Waals surface area contributed by atoms with Crippen LogP contribution in [0.4, 0.5) is 5.69 Å². The van der Waals surface area contributed by atoms with Crippen molar-refractivity contribution in [3.05, 3.63) is 70.3 Å². The Morgan fingerprint density at radius 1 is 1.19 bits per heavy atom. The van der Waals surface area contributed by atoms with Crippen molar-refractivity contribution in [2.75, 3.05) is 31.7 Å². The lowest BCUT2D eigenvalue weighted by Gasteiger charge is -2.46. The molecule has 2 aromatic carbocycles. The third-order valence-electron chi connectivity index (χ3n) is 9.89. The fourth-order valence-corrected chi connectivity index (χ4v) is 8.50. The number of aliphatic hydroxyl groups is 1. The van der Waals surface area contributed by atoms with Crippen molar-refractivity contribution in [1.82, 2.24) is 4.72 Å². The van der Waals surface area contributed by atoms with Crippen molar-refractivity contribution in [1.29, 1.82) is 0 Å². The Kier molecular flexibility index (Phi) is 8.06. The molecule has 42 heavy (non-hydrogen) atoms. The molecule has 226 valence electrons. The summed E-state index contributed by atoms with van der Waals surface area (Å²) in [5.41, 5.74) is 3.28. The maximum absolute atomic E-state index is 13.3. The highest BCUT2D eigenvalue weighted by Crippen LogP contribution is 2.47. The smallest absolute Gasteiger partial charge is 0.264 e. The van der Waals surface area contributed by atoms with Gasteiger partial charge in [-0.05, 0) is 98.7 Å². The zero-order valence-electron chi connectivity index (χ0n) is 24.1. The van der Waals surface area contributed by atoms with Crippen molar-refractivity contribution < 1.29 is 27.8 Å². The molecule has 2 bridgehead atoms. The van der Waals surface area contributed by atoms with Gasteiger partial charge in [0.2, 0.25) is 10.0 Å². The lowest BCUT2D eigenvalue weighted by atomic mass is 9.68. The van der Waals surface area contributed by atoms with Crippen molar-refractivity contribution in [2.24, 2.45) is 11.8 Å². The van der Waals surface area contributed by atoms with Gasteiger partial charge in [0.05, 0.1) is 24.5 Å².